The summed E-state index contributed by atoms with van der Waals surface area (Å²) in [5.41, 5.74) is 2.08. The quantitative estimate of drug-likeness (QED) is 0.711. The van der Waals surface area contributed by atoms with Crippen LogP contribution < -0.4 is 5.32 Å². The van der Waals surface area contributed by atoms with Gasteiger partial charge in [-0.15, -0.1) is 0 Å². The van der Waals surface area contributed by atoms with Gasteiger partial charge in [-0.3, -0.25) is 4.79 Å². The van der Waals surface area contributed by atoms with Crippen molar-refractivity contribution in [3.8, 4) is 0 Å². The van der Waals surface area contributed by atoms with Gasteiger partial charge < -0.3 is 5.32 Å². The summed E-state index contributed by atoms with van der Waals surface area (Å²) in [5, 5.41) is 2.72. The Kier molecular flexibility index (Phi) is 3.83. The molecule has 13 heavy (non-hydrogen) atoms. The Labute approximate surface area is 83.8 Å². The molecule has 0 saturated carbocycles. The maximum absolute atomic E-state index is 10.7. The van der Waals surface area contributed by atoms with Crippen molar-refractivity contribution >= 4 is 24.2 Å². The monoisotopic (exact) mass is 195 g/mol. The normalized spacial score (nSPS) is 9.69. The summed E-state index contributed by atoms with van der Waals surface area (Å²) < 4.78 is 0. The third-order valence-corrected chi connectivity index (χ3v) is 1.90. The molecule has 0 unspecified atom stereocenters. The van der Waals surface area contributed by atoms with E-state index in [2.05, 4.69) is 17.9 Å². The molecule has 0 spiro atoms. The Hall–Kier alpha value is -0.960. The van der Waals surface area contributed by atoms with Crippen molar-refractivity contribution in [2.75, 3.05) is 11.1 Å². The van der Waals surface area contributed by atoms with Gasteiger partial charge in [0.1, 0.15) is 0 Å². The van der Waals surface area contributed by atoms with E-state index < -0.39 is 0 Å². The highest BCUT2D eigenvalue weighted by Crippen LogP contribution is 2.09. The van der Waals surface area contributed by atoms with E-state index in [1.54, 1.807) is 0 Å². The highest BCUT2D eigenvalue weighted by molar-refractivity contribution is 7.80. The van der Waals surface area contributed by atoms with Crippen molar-refractivity contribution in [1.82, 2.24) is 0 Å². The largest absolute Gasteiger partial charge is 0.326 e. The van der Waals surface area contributed by atoms with Crippen molar-refractivity contribution in [1.29, 1.82) is 0 Å². The van der Waals surface area contributed by atoms with E-state index in [-0.39, 0.29) is 5.91 Å². The molecule has 0 aliphatic heterocycles. The van der Waals surface area contributed by atoms with E-state index >= 15 is 0 Å². The minimum absolute atomic E-state index is 0.0399. The van der Waals surface area contributed by atoms with Crippen LogP contribution in [0.25, 0.3) is 0 Å². The summed E-state index contributed by atoms with van der Waals surface area (Å²) >= 11 is 4.14. The average Bonchev–Trinajstić information content (AvgIpc) is 2.08. The van der Waals surface area contributed by atoms with E-state index in [0.29, 0.717) is 0 Å². The predicted octanol–water partition coefficient (Wildman–Crippen LogP) is 2.12. The molecule has 0 bridgehead atoms. The summed E-state index contributed by atoms with van der Waals surface area (Å²) in [6.07, 6.45) is 0.962. The maximum atomic E-state index is 10.7. The number of rotatable bonds is 3. The maximum Gasteiger partial charge on any atom is 0.221 e. The smallest absolute Gasteiger partial charge is 0.221 e. The molecule has 1 rings (SSSR count). The predicted molar refractivity (Wildman–Crippen MR) is 58.3 cm³/mol. The SMILES string of the molecule is CC(=O)Nc1ccc(CCS)cc1. The molecule has 3 heteroatoms. The number of carbonyl (C=O) groups excluding carboxylic acids is 1. The number of carbonyl (C=O) groups is 1. The number of benzene rings is 1. The highest BCUT2D eigenvalue weighted by atomic mass is 32.1. The zero-order valence-corrected chi connectivity index (χ0v) is 8.47. The fraction of sp³-hybridized carbons (Fsp3) is 0.300. The minimum atomic E-state index is -0.0399. The van der Waals surface area contributed by atoms with Gasteiger partial charge in [0.25, 0.3) is 0 Å². The van der Waals surface area contributed by atoms with Crippen molar-refractivity contribution in [2.45, 2.75) is 13.3 Å². The lowest BCUT2D eigenvalue weighted by Crippen LogP contribution is -2.05. The number of hydrogen-bond acceptors (Lipinski definition) is 2. The van der Waals surface area contributed by atoms with Crippen LogP contribution in [0.15, 0.2) is 24.3 Å². The fourth-order valence-corrected chi connectivity index (χ4v) is 1.35. The van der Waals surface area contributed by atoms with Gasteiger partial charge in [0.15, 0.2) is 0 Å². The summed E-state index contributed by atoms with van der Waals surface area (Å²) in [7, 11) is 0. The van der Waals surface area contributed by atoms with Crippen molar-refractivity contribution in [2.24, 2.45) is 0 Å². The Morgan fingerprint density at radius 3 is 2.46 bits per heavy atom. The van der Waals surface area contributed by atoms with Crippen LogP contribution in [-0.2, 0) is 11.2 Å². The second kappa shape index (κ2) is 4.92. The molecule has 0 aliphatic carbocycles. The van der Waals surface area contributed by atoms with Gasteiger partial charge in [-0.1, -0.05) is 12.1 Å². The molecule has 2 nitrogen and oxygen atoms in total. The molecule has 0 saturated heterocycles. The summed E-state index contributed by atoms with van der Waals surface area (Å²) in [4.78, 5) is 10.7. The van der Waals surface area contributed by atoms with Crippen LogP contribution in [0.5, 0.6) is 0 Å². The standard InChI is InChI=1S/C10H13NOS/c1-8(12)11-10-4-2-9(3-5-10)6-7-13/h2-5,13H,6-7H2,1H3,(H,11,12). The average molecular weight is 195 g/mol. The number of thiol groups is 1. The lowest BCUT2D eigenvalue weighted by Gasteiger charge is -2.02. The first-order valence-electron chi connectivity index (χ1n) is 4.20. The van der Waals surface area contributed by atoms with Crippen LogP contribution in [0.1, 0.15) is 12.5 Å². The van der Waals surface area contributed by atoms with Crippen LogP contribution in [0.3, 0.4) is 0 Å². The minimum Gasteiger partial charge on any atom is -0.326 e. The second-order valence-electron chi connectivity index (χ2n) is 2.85. The van der Waals surface area contributed by atoms with E-state index in [1.165, 1.54) is 12.5 Å². The van der Waals surface area contributed by atoms with Gasteiger partial charge in [0.2, 0.25) is 5.91 Å². The van der Waals surface area contributed by atoms with E-state index in [4.69, 9.17) is 0 Å². The molecule has 70 valence electrons. The van der Waals surface area contributed by atoms with Crippen LogP contribution in [0, 0.1) is 0 Å². The molecule has 0 atom stereocenters. The second-order valence-corrected chi connectivity index (χ2v) is 3.30. The van der Waals surface area contributed by atoms with Crippen molar-refractivity contribution in [3.05, 3.63) is 29.8 Å². The number of hydrogen-bond donors (Lipinski definition) is 2. The number of aryl methyl sites for hydroxylation is 1. The molecule has 1 aromatic carbocycles. The van der Waals surface area contributed by atoms with E-state index in [0.717, 1.165) is 17.9 Å². The topological polar surface area (TPSA) is 29.1 Å². The van der Waals surface area contributed by atoms with E-state index in [9.17, 15) is 4.79 Å². The molecule has 0 heterocycles. The molecule has 0 radical (unpaired) electrons. The van der Waals surface area contributed by atoms with Gasteiger partial charge >= 0.3 is 0 Å². The third-order valence-electron chi connectivity index (χ3n) is 1.67. The van der Waals surface area contributed by atoms with Crippen LogP contribution >= 0.6 is 12.6 Å². The fourth-order valence-electron chi connectivity index (χ4n) is 1.09. The van der Waals surface area contributed by atoms with Gasteiger partial charge in [-0.25, -0.2) is 0 Å². The number of amides is 1. The van der Waals surface area contributed by atoms with Gasteiger partial charge in [-0.2, -0.15) is 12.6 Å². The highest BCUT2D eigenvalue weighted by Gasteiger charge is 1.95. The van der Waals surface area contributed by atoms with Gasteiger partial charge in [-0.05, 0) is 29.9 Å². The summed E-state index contributed by atoms with van der Waals surface area (Å²) in [6, 6.07) is 7.81. The van der Waals surface area contributed by atoms with Gasteiger partial charge in [0, 0.05) is 12.6 Å². The Balaban J connectivity index is 2.64. The van der Waals surface area contributed by atoms with Crippen molar-refractivity contribution < 1.29 is 4.79 Å². The summed E-state index contributed by atoms with van der Waals surface area (Å²) in [5.74, 6) is 0.807. The first-order valence-corrected chi connectivity index (χ1v) is 4.83. The number of anilines is 1. The Morgan fingerprint density at radius 2 is 2.00 bits per heavy atom. The summed E-state index contributed by atoms with van der Waals surface area (Å²) in [6.45, 7) is 1.50. The Morgan fingerprint density at radius 1 is 1.38 bits per heavy atom. The first-order chi connectivity index (χ1) is 6.22. The lowest BCUT2D eigenvalue weighted by atomic mass is 10.1. The number of nitrogens with one attached hydrogen (secondary N) is 1. The molecule has 0 aromatic heterocycles. The van der Waals surface area contributed by atoms with Crippen molar-refractivity contribution in [3.63, 3.8) is 0 Å². The van der Waals surface area contributed by atoms with Crippen LogP contribution in [-0.4, -0.2) is 11.7 Å². The third kappa shape index (κ3) is 3.51. The molecule has 0 fully saturated rings. The van der Waals surface area contributed by atoms with Crippen LogP contribution in [0.4, 0.5) is 5.69 Å². The van der Waals surface area contributed by atoms with E-state index in [1.807, 2.05) is 24.3 Å². The zero-order valence-electron chi connectivity index (χ0n) is 7.58. The lowest BCUT2D eigenvalue weighted by molar-refractivity contribution is -0.114. The Bertz CT molecular complexity index is 281. The van der Waals surface area contributed by atoms with Crippen LogP contribution in [0.2, 0.25) is 0 Å². The molecule has 1 N–H and O–H groups in total. The first kappa shape index (κ1) is 10.1. The molecular formula is C10H13NOS. The zero-order chi connectivity index (χ0) is 9.68. The molecular weight excluding hydrogens is 182 g/mol. The molecule has 1 aromatic rings. The molecule has 1 amide bonds. The van der Waals surface area contributed by atoms with Gasteiger partial charge in [0.05, 0.1) is 0 Å². The molecule has 0 aliphatic rings.